The summed E-state index contributed by atoms with van der Waals surface area (Å²) in [6.07, 6.45) is 0.251. The van der Waals surface area contributed by atoms with Crippen LogP contribution in [0.3, 0.4) is 0 Å². The van der Waals surface area contributed by atoms with E-state index in [9.17, 15) is 42.6 Å². The highest BCUT2D eigenvalue weighted by molar-refractivity contribution is 7.89. The first-order valence-electron chi connectivity index (χ1n) is 19.0. The minimum Gasteiger partial charge on any atom is -0.505 e. The SMILES string of the molecule is CN(CCc1ccc(C(Nc2c(Nc3ccc(Cl)c(S(=O)(=O)N(C)C)c3O)c(=O)c2=O)C(C)(C)C)o1)C(=O)c1cccc(Nc2c(NC(C)(C)C(C)(C)C)c(=O)c2=O)c1O. The molecule has 5 aromatic rings. The smallest absolute Gasteiger partial charge is 0.257 e. The first kappa shape index (κ1) is 45.4. The molecule has 0 aliphatic rings. The highest BCUT2D eigenvalue weighted by Crippen LogP contribution is 2.42. The lowest BCUT2D eigenvalue weighted by Gasteiger charge is -2.41. The minimum absolute atomic E-state index is 0.00742. The van der Waals surface area contributed by atoms with E-state index in [1.807, 2.05) is 55.4 Å². The number of nitrogens with one attached hydrogen (secondary N) is 4. The number of para-hydroxylation sites is 1. The van der Waals surface area contributed by atoms with Crippen molar-refractivity contribution in [3.05, 3.63) is 105 Å². The molecule has 0 aliphatic carbocycles. The Morgan fingerprint density at radius 3 is 1.88 bits per heavy atom. The number of hydrogen-bond acceptors (Lipinski definition) is 14. The van der Waals surface area contributed by atoms with Gasteiger partial charge in [0.05, 0.1) is 28.0 Å². The lowest BCUT2D eigenvalue weighted by Crippen LogP contribution is -2.48. The van der Waals surface area contributed by atoms with E-state index in [1.54, 1.807) is 25.2 Å². The average Bonchev–Trinajstić information content (AvgIpc) is 3.62. The molecule has 0 radical (unpaired) electrons. The molecule has 4 aromatic carbocycles. The van der Waals surface area contributed by atoms with Gasteiger partial charge < -0.3 is 40.8 Å². The maximum absolute atomic E-state index is 13.6. The summed E-state index contributed by atoms with van der Waals surface area (Å²) in [6, 6.07) is 9.75. The Kier molecular flexibility index (Phi) is 12.2. The molecular formula is C42H51ClN6O10S. The molecule has 6 N–H and O–H groups in total. The van der Waals surface area contributed by atoms with Crippen molar-refractivity contribution in [2.75, 3.05) is 49.0 Å². The molecule has 1 heterocycles. The number of benzene rings is 2. The van der Waals surface area contributed by atoms with Gasteiger partial charge in [0, 0.05) is 39.6 Å². The number of likely N-dealkylation sites (N-methyl/N-ethyl adjacent to an activating group) is 1. The fraction of sp³-hybridized carbons (Fsp3) is 0.405. The van der Waals surface area contributed by atoms with Crippen LogP contribution in [0.4, 0.5) is 34.1 Å². The van der Waals surface area contributed by atoms with Crippen LogP contribution in [-0.4, -0.2) is 67.0 Å². The summed E-state index contributed by atoms with van der Waals surface area (Å²) in [6.45, 7) is 15.6. The van der Waals surface area contributed by atoms with Crippen molar-refractivity contribution in [3.63, 3.8) is 0 Å². The number of carbonyl (C=O) groups excluding carboxylic acids is 1. The van der Waals surface area contributed by atoms with Gasteiger partial charge in [-0.1, -0.05) is 59.2 Å². The molecule has 0 saturated heterocycles. The number of nitrogens with zero attached hydrogens (tertiary/aromatic N) is 2. The van der Waals surface area contributed by atoms with Crippen LogP contribution in [0, 0.1) is 10.8 Å². The third kappa shape index (κ3) is 8.51. The van der Waals surface area contributed by atoms with Gasteiger partial charge in [-0.3, -0.25) is 24.0 Å². The predicted molar refractivity (Wildman–Crippen MR) is 234 cm³/mol. The topological polar surface area (TPSA) is 228 Å². The number of sulfonamides is 1. The van der Waals surface area contributed by atoms with Crippen LogP contribution in [0.15, 0.2) is 71.0 Å². The molecule has 0 saturated carbocycles. The average molecular weight is 867 g/mol. The number of phenols is 2. The number of hydrogen-bond donors (Lipinski definition) is 6. The molecule has 1 amide bonds. The fourth-order valence-corrected chi connectivity index (χ4v) is 7.55. The Morgan fingerprint density at radius 2 is 1.32 bits per heavy atom. The lowest BCUT2D eigenvalue weighted by atomic mass is 9.76. The molecule has 322 valence electrons. The summed E-state index contributed by atoms with van der Waals surface area (Å²) in [4.78, 5) is 65.2. The summed E-state index contributed by atoms with van der Waals surface area (Å²) in [5, 5.41) is 33.6. The van der Waals surface area contributed by atoms with E-state index in [0.717, 1.165) is 4.31 Å². The molecule has 18 heteroatoms. The van der Waals surface area contributed by atoms with Gasteiger partial charge in [0.25, 0.3) is 27.6 Å². The van der Waals surface area contributed by atoms with Gasteiger partial charge >= 0.3 is 0 Å². The zero-order valence-electron chi connectivity index (χ0n) is 35.4. The quantitative estimate of drug-likeness (QED) is 0.0522. The highest BCUT2D eigenvalue weighted by atomic mass is 35.5. The first-order chi connectivity index (χ1) is 27.6. The Hall–Kier alpha value is -5.65. The van der Waals surface area contributed by atoms with Crippen molar-refractivity contribution < 1.29 is 27.8 Å². The van der Waals surface area contributed by atoms with Gasteiger partial charge in [-0.15, -0.1) is 0 Å². The number of anilines is 6. The normalized spacial score (nSPS) is 13.2. The molecule has 60 heavy (non-hydrogen) atoms. The summed E-state index contributed by atoms with van der Waals surface area (Å²) in [5.41, 5.74) is -4.92. The monoisotopic (exact) mass is 866 g/mol. The van der Waals surface area contributed by atoms with Crippen molar-refractivity contribution >= 4 is 61.7 Å². The van der Waals surface area contributed by atoms with E-state index in [4.69, 9.17) is 16.0 Å². The Bertz CT molecular complexity index is 2730. The molecule has 16 nitrogen and oxygen atoms in total. The van der Waals surface area contributed by atoms with Crippen molar-refractivity contribution in [1.82, 2.24) is 9.21 Å². The molecule has 1 aromatic heterocycles. The number of phenolic OH excluding ortho intramolecular Hbond substituents is 2. The van der Waals surface area contributed by atoms with Gasteiger partial charge in [-0.25, -0.2) is 12.7 Å². The van der Waals surface area contributed by atoms with E-state index >= 15 is 0 Å². The second-order valence-electron chi connectivity index (χ2n) is 17.6. The third-order valence-electron chi connectivity index (χ3n) is 10.9. The van der Waals surface area contributed by atoms with Crippen LogP contribution in [0.25, 0.3) is 0 Å². The van der Waals surface area contributed by atoms with Gasteiger partial charge in [0.1, 0.15) is 39.2 Å². The van der Waals surface area contributed by atoms with E-state index < -0.39 is 71.0 Å². The number of amides is 1. The number of carbonyl (C=O) groups is 1. The van der Waals surface area contributed by atoms with Gasteiger partial charge in [0.2, 0.25) is 10.0 Å². The molecular weight excluding hydrogens is 816 g/mol. The Morgan fingerprint density at radius 1 is 0.767 bits per heavy atom. The second-order valence-corrected chi connectivity index (χ2v) is 20.0. The van der Waals surface area contributed by atoms with Crippen molar-refractivity contribution in [2.24, 2.45) is 10.8 Å². The van der Waals surface area contributed by atoms with Crippen LogP contribution < -0.4 is 43.0 Å². The number of furan rings is 1. The van der Waals surface area contributed by atoms with E-state index in [-0.39, 0.29) is 63.1 Å². The Balaban J connectivity index is 1.30. The van der Waals surface area contributed by atoms with E-state index in [2.05, 4.69) is 21.3 Å². The first-order valence-corrected chi connectivity index (χ1v) is 20.8. The number of rotatable bonds is 15. The van der Waals surface area contributed by atoms with Crippen LogP contribution >= 0.6 is 11.6 Å². The van der Waals surface area contributed by atoms with Gasteiger partial charge in [0.15, 0.2) is 11.5 Å². The second kappa shape index (κ2) is 16.1. The molecule has 0 bridgehead atoms. The van der Waals surface area contributed by atoms with Crippen LogP contribution in [-0.2, 0) is 16.4 Å². The van der Waals surface area contributed by atoms with Gasteiger partial charge in [-0.05, 0) is 61.1 Å². The van der Waals surface area contributed by atoms with Crippen LogP contribution in [0.5, 0.6) is 11.5 Å². The highest BCUT2D eigenvalue weighted by Gasteiger charge is 2.37. The Labute approximate surface area is 352 Å². The van der Waals surface area contributed by atoms with E-state index in [0.29, 0.717) is 11.5 Å². The molecule has 5 rings (SSSR count). The summed E-state index contributed by atoms with van der Waals surface area (Å²) < 4.78 is 32.8. The van der Waals surface area contributed by atoms with Crippen molar-refractivity contribution in [3.8, 4) is 11.5 Å². The summed E-state index contributed by atoms with van der Waals surface area (Å²) >= 11 is 6.13. The number of halogens is 1. The predicted octanol–water partition coefficient (Wildman–Crippen LogP) is 6.02. The number of aromatic hydroxyl groups is 2. The van der Waals surface area contributed by atoms with E-state index in [1.165, 1.54) is 43.3 Å². The molecule has 0 spiro atoms. The maximum Gasteiger partial charge on any atom is 0.257 e. The summed E-state index contributed by atoms with van der Waals surface area (Å²) in [7, 11) is -0.0948. The van der Waals surface area contributed by atoms with Gasteiger partial charge in [-0.2, -0.15) is 0 Å². The molecule has 1 atom stereocenters. The largest absolute Gasteiger partial charge is 0.505 e. The lowest BCUT2D eigenvalue weighted by molar-refractivity contribution is 0.0792. The fourth-order valence-electron chi connectivity index (χ4n) is 6.07. The molecule has 0 aliphatic heterocycles. The third-order valence-corrected chi connectivity index (χ3v) is 13.2. The van der Waals surface area contributed by atoms with Crippen molar-refractivity contribution in [2.45, 2.75) is 78.3 Å². The summed E-state index contributed by atoms with van der Waals surface area (Å²) in [5.74, 6) is -0.756. The zero-order valence-corrected chi connectivity index (χ0v) is 36.9. The standard InChI is InChI=1S/C42H51ClN6O10S/c1-40(2,3)38(46-28-27(33(52)34(28)53)45-25-17-16-23(43)37(32(25)51)60(57,58)48(9)10)26-18-15-21(59-26)19-20-49(11)39(56)22-13-12-14-24(31(22)50)44-29-30(36(55)35(29)54)47-42(7,8)41(4,5)6/h12-18,38,44-47,50-51H,19-20H2,1-11H3. The van der Waals surface area contributed by atoms with Crippen LogP contribution in [0.2, 0.25) is 5.02 Å². The van der Waals surface area contributed by atoms with Crippen LogP contribution in [0.1, 0.15) is 83.3 Å². The zero-order chi connectivity index (χ0) is 45.0. The van der Waals surface area contributed by atoms with Crippen molar-refractivity contribution in [1.29, 1.82) is 0 Å². The molecule has 0 fully saturated rings. The molecule has 1 unspecified atom stereocenters. The minimum atomic E-state index is -4.19. The maximum atomic E-state index is 13.6.